The van der Waals surface area contributed by atoms with Gasteiger partial charge in [0.05, 0.1) is 12.5 Å². The van der Waals surface area contributed by atoms with E-state index >= 15 is 0 Å². The molecule has 0 aliphatic heterocycles. The van der Waals surface area contributed by atoms with Gasteiger partial charge in [-0.05, 0) is 37.1 Å². The molecular weight excluding hydrogens is 212 g/mol. The van der Waals surface area contributed by atoms with Crippen LogP contribution in [-0.4, -0.2) is 12.5 Å². The third kappa shape index (κ3) is 2.10. The van der Waals surface area contributed by atoms with E-state index in [9.17, 15) is 8.78 Å². The van der Waals surface area contributed by atoms with Crippen LogP contribution in [0.2, 0.25) is 0 Å². The summed E-state index contributed by atoms with van der Waals surface area (Å²) in [6, 6.07) is 3.57. The van der Waals surface area contributed by atoms with Gasteiger partial charge in [0.1, 0.15) is 5.75 Å². The Morgan fingerprint density at radius 1 is 1.38 bits per heavy atom. The molecule has 1 fully saturated rings. The van der Waals surface area contributed by atoms with Gasteiger partial charge in [-0.25, -0.2) is 8.78 Å². The Labute approximate surface area is 93.4 Å². The van der Waals surface area contributed by atoms with Gasteiger partial charge in [0.2, 0.25) is 0 Å². The molecule has 16 heavy (non-hydrogen) atoms. The van der Waals surface area contributed by atoms with Crippen molar-refractivity contribution in [3.63, 3.8) is 0 Å². The molecule has 0 aromatic heterocycles. The van der Waals surface area contributed by atoms with E-state index in [0.717, 1.165) is 11.1 Å². The van der Waals surface area contributed by atoms with Gasteiger partial charge < -0.3 is 10.5 Å². The molecule has 0 bridgehead atoms. The van der Waals surface area contributed by atoms with E-state index in [2.05, 4.69) is 0 Å². The summed E-state index contributed by atoms with van der Waals surface area (Å²) in [5, 5.41) is 0. The number of alkyl halides is 2. The number of nitrogens with two attached hydrogens (primary N) is 1. The molecule has 1 saturated carbocycles. The first-order chi connectivity index (χ1) is 7.40. The maximum absolute atomic E-state index is 12.7. The van der Waals surface area contributed by atoms with E-state index in [0.29, 0.717) is 11.4 Å². The van der Waals surface area contributed by atoms with Gasteiger partial charge in [-0.3, -0.25) is 0 Å². The monoisotopic (exact) mass is 227 g/mol. The molecule has 1 aliphatic carbocycles. The van der Waals surface area contributed by atoms with Crippen LogP contribution in [0.5, 0.6) is 5.75 Å². The molecule has 2 N–H and O–H groups in total. The number of hydrogen-bond donors (Lipinski definition) is 1. The highest BCUT2D eigenvalue weighted by Crippen LogP contribution is 2.48. The molecule has 0 amide bonds. The van der Waals surface area contributed by atoms with Crippen molar-refractivity contribution >= 4 is 5.69 Å². The van der Waals surface area contributed by atoms with E-state index in [1.165, 1.54) is 0 Å². The number of halogens is 2. The Bertz CT molecular complexity index is 394. The number of aryl methyl sites for hydroxylation is 2. The molecule has 0 spiro atoms. The lowest BCUT2D eigenvalue weighted by Gasteiger charge is -2.12. The van der Waals surface area contributed by atoms with Crippen LogP contribution in [0.25, 0.3) is 0 Å². The van der Waals surface area contributed by atoms with Crippen LogP contribution in [0.4, 0.5) is 14.5 Å². The predicted molar refractivity (Wildman–Crippen MR) is 58.9 cm³/mol. The molecular formula is C12H15F2NO. The SMILES string of the molecule is Cc1cc(N)cc(C)c1OCC1CC1(F)F. The smallest absolute Gasteiger partial charge is 0.255 e. The maximum atomic E-state index is 12.7. The van der Waals surface area contributed by atoms with Crippen molar-refractivity contribution in [1.29, 1.82) is 0 Å². The average molecular weight is 227 g/mol. The van der Waals surface area contributed by atoms with Gasteiger partial charge in [0.25, 0.3) is 5.92 Å². The molecule has 0 saturated heterocycles. The van der Waals surface area contributed by atoms with Crippen LogP contribution in [-0.2, 0) is 0 Å². The van der Waals surface area contributed by atoms with Crippen molar-refractivity contribution in [3.8, 4) is 5.75 Å². The van der Waals surface area contributed by atoms with Gasteiger partial charge in [-0.1, -0.05) is 0 Å². The lowest BCUT2D eigenvalue weighted by atomic mass is 10.1. The van der Waals surface area contributed by atoms with Gasteiger partial charge in [0.15, 0.2) is 0 Å². The highest BCUT2D eigenvalue weighted by molar-refractivity contribution is 5.52. The molecule has 0 heterocycles. The number of benzene rings is 1. The molecule has 2 rings (SSSR count). The van der Waals surface area contributed by atoms with Crippen molar-refractivity contribution in [2.75, 3.05) is 12.3 Å². The van der Waals surface area contributed by atoms with Crippen LogP contribution in [0.3, 0.4) is 0 Å². The Morgan fingerprint density at radius 2 is 1.88 bits per heavy atom. The third-order valence-electron chi connectivity index (χ3n) is 2.87. The van der Waals surface area contributed by atoms with Crippen LogP contribution < -0.4 is 10.5 Å². The summed E-state index contributed by atoms with van der Waals surface area (Å²) in [7, 11) is 0. The number of rotatable bonds is 3. The highest BCUT2D eigenvalue weighted by atomic mass is 19.3. The summed E-state index contributed by atoms with van der Waals surface area (Å²) in [5.74, 6) is -2.46. The standard InChI is InChI=1S/C12H15F2NO/c1-7-3-10(15)4-8(2)11(7)16-6-9-5-12(9,13)14/h3-4,9H,5-6,15H2,1-2H3. The van der Waals surface area contributed by atoms with E-state index in [4.69, 9.17) is 10.5 Å². The average Bonchev–Trinajstić information content (AvgIpc) is 2.72. The van der Waals surface area contributed by atoms with E-state index < -0.39 is 11.8 Å². The maximum Gasteiger partial charge on any atom is 0.255 e. The zero-order valence-electron chi connectivity index (χ0n) is 9.39. The summed E-state index contributed by atoms with van der Waals surface area (Å²) in [4.78, 5) is 0. The molecule has 1 aromatic carbocycles. The Hall–Kier alpha value is -1.32. The van der Waals surface area contributed by atoms with Crippen LogP contribution in [0, 0.1) is 19.8 Å². The molecule has 88 valence electrons. The summed E-state index contributed by atoms with van der Waals surface area (Å²) in [6.07, 6.45) is -0.0555. The number of anilines is 1. The van der Waals surface area contributed by atoms with E-state index in [1.807, 2.05) is 13.8 Å². The van der Waals surface area contributed by atoms with E-state index in [1.54, 1.807) is 12.1 Å². The number of hydrogen-bond acceptors (Lipinski definition) is 2. The van der Waals surface area contributed by atoms with E-state index in [-0.39, 0.29) is 13.0 Å². The Kier molecular flexibility index (Phi) is 2.52. The zero-order valence-corrected chi connectivity index (χ0v) is 9.39. The van der Waals surface area contributed by atoms with Crippen molar-refractivity contribution in [2.45, 2.75) is 26.2 Å². The van der Waals surface area contributed by atoms with Crippen molar-refractivity contribution in [1.82, 2.24) is 0 Å². The zero-order chi connectivity index (χ0) is 11.9. The van der Waals surface area contributed by atoms with Crippen LogP contribution in [0.1, 0.15) is 17.5 Å². The molecule has 1 unspecified atom stereocenters. The van der Waals surface area contributed by atoms with Crippen LogP contribution in [0.15, 0.2) is 12.1 Å². The fourth-order valence-corrected chi connectivity index (χ4v) is 1.85. The minimum absolute atomic E-state index is 0.0555. The quantitative estimate of drug-likeness (QED) is 0.806. The summed E-state index contributed by atoms with van der Waals surface area (Å²) >= 11 is 0. The minimum Gasteiger partial charge on any atom is -0.493 e. The second kappa shape index (κ2) is 3.61. The van der Waals surface area contributed by atoms with Crippen molar-refractivity contribution in [3.05, 3.63) is 23.3 Å². The first kappa shape index (κ1) is 11.2. The molecule has 0 radical (unpaired) electrons. The van der Waals surface area contributed by atoms with Gasteiger partial charge in [0, 0.05) is 12.1 Å². The number of ether oxygens (including phenoxy) is 1. The second-order valence-electron chi connectivity index (χ2n) is 4.46. The molecule has 1 atom stereocenters. The largest absolute Gasteiger partial charge is 0.493 e. The van der Waals surface area contributed by atoms with Crippen molar-refractivity contribution in [2.24, 2.45) is 5.92 Å². The summed E-state index contributed by atoms with van der Waals surface area (Å²) in [6.45, 7) is 3.81. The van der Waals surface area contributed by atoms with Gasteiger partial charge in [-0.2, -0.15) is 0 Å². The molecule has 2 nitrogen and oxygen atoms in total. The molecule has 1 aliphatic rings. The second-order valence-corrected chi connectivity index (χ2v) is 4.46. The van der Waals surface area contributed by atoms with Gasteiger partial charge >= 0.3 is 0 Å². The molecule has 1 aromatic rings. The first-order valence-corrected chi connectivity index (χ1v) is 5.27. The summed E-state index contributed by atoms with van der Waals surface area (Å²) in [5.41, 5.74) is 8.11. The fourth-order valence-electron chi connectivity index (χ4n) is 1.85. The first-order valence-electron chi connectivity index (χ1n) is 5.27. The lowest BCUT2D eigenvalue weighted by molar-refractivity contribution is 0.0854. The van der Waals surface area contributed by atoms with Gasteiger partial charge in [-0.15, -0.1) is 0 Å². The number of nitrogen functional groups attached to an aromatic ring is 1. The highest BCUT2D eigenvalue weighted by Gasteiger charge is 2.57. The third-order valence-corrected chi connectivity index (χ3v) is 2.87. The molecule has 4 heteroatoms. The lowest BCUT2D eigenvalue weighted by Crippen LogP contribution is -2.07. The fraction of sp³-hybridized carbons (Fsp3) is 0.500. The summed E-state index contributed by atoms with van der Waals surface area (Å²) < 4.78 is 30.8. The Morgan fingerprint density at radius 3 is 2.31 bits per heavy atom. The van der Waals surface area contributed by atoms with Crippen LogP contribution >= 0.6 is 0 Å². The minimum atomic E-state index is -2.52. The topological polar surface area (TPSA) is 35.2 Å². The van der Waals surface area contributed by atoms with Crippen molar-refractivity contribution < 1.29 is 13.5 Å². The Balaban J connectivity index is 2.05. The normalized spacial score (nSPS) is 21.9. The predicted octanol–water partition coefficient (Wildman–Crippen LogP) is 2.92.